The normalized spacial score (nSPS) is 19.2. The molecule has 0 N–H and O–H groups in total. The average molecular weight is 439 g/mol. The Morgan fingerprint density at radius 1 is 0.900 bits per heavy atom. The van der Waals surface area contributed by atoms with Crippen LogP contribution in [0, 0.1) is 6.92 Å². The molecule has 1 aliphatic heterocycles. The van der Waals surface area contributed by atoms with Crippen molar-refractivity contribution in [3.05, 3.63) is 58.1 Å². The molecule has 1 saturated heterocycles. The number of aryl methyl sites for hydroxylation is 1. The van der Waals surface area contributed by atoms with Crippen LogP contribution in [0.2, 0.25) is 5.02 Å². The molecule has 3 nitrogen and oxygen atoms in total. The van der Waals surface area contributed by atoms with Crippen LogP contribution in [-0.4, -0.2) is 22.8 Å². The molecule has 0 amide bonds. The third kappa shape index (κ3) is 3.91. The van der Waals surface area contributed by atoms with Crippen molar-refractivity contribution in [3.63, 3.8) is 0 Å². The number of ether oxygens (including phenoxy) is 1. The van der Waals surface area contributed by atoms with Gasteiger partial charge < -0.3 is 4.74 Å². The lowest BCUT2D eigenvalue weighted by atomic mass is 9.73. The van der Waals surface area contributed by atoms with Crippen LogP contribution in [0.5, 0.6) is 0 Å². The number of carbonyl (C=O) groups is 2. The van der Waals surface area contributed by atoms with Gasteiger partial charge in [-0.1, -0.05) is 29.8 Å². The molecule has 3 rings (SSSR count). The van der Waals surface area contributed by atoms with Crippen LogP contribution in [0.4, 0.5) is 13.2 Å². The molecule has 2 aromatic carbocycles. The summed E-state index contributed by atoms with van der Waals surface area (Å²) in [5, 5.41) is -0.392. The van der Waals surface area contributed by atoms with Crippen molar-refractivity contribution in [2.24, 2.45) is 0 Å². The van der Waals surface area contributed by atoms with E-state index in [2.05, 4.69) is 0 Å². The van der Waals surface area contributed by atoms with Crippen LogP contribution in [0.3, 0.4) is 0 Å². The number of halogens is 4. The van der Waals surface area contributed by atoms with Crippen LogP contribution in [0.1, 0.15) is 50.3 Å². The molecule has 0 atom stereocenters. The first-order valence-electron chi connectivity index (χ1n) is 9.41. The predicted octanol–water partition coefficient (Wildman–Crippen LogP) is 6.14. The summed E-state index contributed by atoms with van der Waals surface area (Å²) in [7, 11) is 0. The summed E-state index contributed by atoms with van der Waals surface area (Å²) in [6.07, 6.45) is -4.60. The van der Waals surface area contributed by atoms with E-state index in [1.54, 1.807) is 52.8 Å². The Balaban J connectivity index is 2.15. The molecule has 0 spiro atoms. The van der Waals surface area contributed by atoms with Crippen molar-refractivity contribution in [2.45, 2.75) is 57.9 Å². The highest BCUT2D eigenvalue weighted by Gasteiger charge is 2.53. The molecule has 0 saturated carbocycles. The molecular formula is C23H22ClF3O3. The zero-order valence-corrected chi connectivity index (χ0v) is 18.0. The number of ketones is 2. The van der Waals surface area contributed by atoms with Crippen molar-refractivity contribution in [2.75, 3.05) is 0 Å². The van der Waals surface area contributed by atoms with E-state index in [9.17, 15) is 22.8 Å². The van der Waals surface area contributed by atoms with E-state index in [1.807, 2.05) is 0 Å². The van der Waals surface area contributed by atoms with Crippen LogP contribution < -0.4 is 0 Å². The number of alkyl halides is 3. The molecule has 0 aliphatic carbocycles. The Morgan fingerprint density at radius 2 is 1.40 bits per heavy atom. The maximum atomic E-state index is 13.3. The van der Waals surface area contributed by atoms with Gasteiger partial charge in [0.2, 0.25) is 0 Å². The number of carbonyl (C=O) groups excluding carboxylic acids is 2. The van der Waals surface area contributed by atoms with Gasteiger partial charge in [-0.2, -0.15) is 13.2 Å². The Kier molecular flexibility index (Phi) is 5.40. The molecular weight excluding hydrogens is 417 g/mol. The zero-order chi connectivity index (χ0) is 22.6. The minimum Gasteiger partial charge on any atom is -0.354 e. The fourth-order valence-electron chi connectivity index (χ4n) is 3.89. The second-order valence-electron chi connectivity index (χ2n) is 8.55. The first kappa shape index (κ1) is 22.5. The van der Waals surface area contributed by atoms with E-state index in [-0.39, 0.29) is 11.6 Å². The maximum absolute atomic E-state index is 13.3. The van der Waals surface area contributed by atoms with E-state index in [0.29, 0.717) is 22.3 Å². The third-order valence-corrected chi connectivity index (χ3v) is 5.75. The van der Waals surface area contributed by atoms with Gasteiger partial charge in [0.05, 0.1) is 10.6 Å². The molecule has 0 radical (unpaired) electrons. The molecule has 2 aromatic rings. The van der Waals surface area contributed by atoms with Crippen LogP contribution in [0.25, 0.3) is 11.1 Å². The quantitative estimate of drug-likeness (QED) is 0.529. The summed E-state index contributed by atoms with van der Waals surface area (Å²) in [6, 6.07) is 8.61. The highest BCUT2D eigenvalue weighted by Crippen LogP contribution is 2.41. The Hall–Kier alpha value is -2.18. The molecule has 0 aromatic heterocycles. The maximum Gasteiger partial charge on any atom is 0.417 e. The van der Waals surface area contributed by atoms with Crippen LogP contribution in [0.15, 0.2) is 36.4 Å². The largest absolute Gasteiger partial charge is 0.417 e. The Bertz CT molecular complexity index is 1010. The van der Waals surface area contributed by atoms with Gasteiger partial charge in [-0.05, 0) is 75.1 Å². The molecule has 1 heterocycles. The first-order valence-corrected chi connectivity index (χ1v) is 9.79. The number of rotatable bonds is 2. The second-order valence-corrected chi connectivity index (χ2v) is 8.96. The zero-order valence-electron chi connectivity index (χ0n) is 17.3. The van der Waals surface area contributed by atoms with Gasteiger partial charge in [-0.15, -0.1) is 0 Å². The smallest absolute Gasteiger partial charge is 0.354 e. The summed E-state index contributed by atoms with van der Waals surface area (Å²) in [5.41, 5.74) is -1.37. The number of hydrogen-bond donors (Lipinski definition) is 0. The van der Waals surface area contributed by atoms with Gasteiger partial charge in [-0.25, -0.2) is 0 Å². The van der Waals surface area contributed by atoms with Crippen molar-refractivity contribution in [1.82, 2.24) is 0 Å². The van der Waals surface area contributed by atoms with Crippen LogP contribution in [-0.2, 0) is 20.5 Å². The Morgan fingerprint density at radius 3 is 1.93 bits per heavy atom. The first-order chi connectivity index (χ1) is 13.6. The standard InChI is InChI=1S/C23H22ClF3O3/c1-12-6-7-13(14-8-9-17(24)16(11-14)23(25,26)27)10-15(12)18-19(28)21(2,3)30-22(4,5)20(18)29/h6-11,18H,1-5H3. The molecule has 160 valence electrons. The molecule has 1 aliphatic rings. The van der Waals surface area contributed by atoms with E-state index in [0.717, 1.165) is 6.07 Å². The summed E-state index contributed by atoms with van der Waals surface area (Å²) < 4.78 is 45.5. The second kappa shape index (κ2) is 7.20. The van der Waals surface area contributed by atoms with Crippen LogP contribution >= 0.6 is 11.6 Å². The lowest BCUT2D eigenvalue weighted by Crippen LogP contribution is -2.58. The van der Waals surface area contributed by atoms with Crippen molar-refractivity contribution < 1.29 is 27.5 Å². The van der Waals surface area contributed by atoms with Gasteiger partial charge in [0.1, 0.15) is 17.1 Å². The molecule has 30 heavy (non-hydrogen) atoms. The fourth-order valence-corrected chi connectivity index (χ4v) is 4.11. The summed E-state index contributed by atoms with van der Waals surface area (Å²) in [4.78, 5) is 26.1. The summed E-state index contributed by atoms with van der Waals surface area (Å²) >= 11 is 5.72. The van der Waals surface area contributed by atoms with Crippen molar-refractivity contribution >= 4 is 23.2 Å². The lowest BCUT2D eigenvalue weighted by molar-refractivity contribution is -0.184. The molecule has 0 bridgehead atoms. The van der Waals surface area contributed by atoms with E-state index < -0.39 is 33.9 Å². The summed E-state index contributed by atoms with van der Waals surface area (Å²) in [5.74, 6) is -1.81. The fraction of sp³-hybridized carbons (Fsp3) is 0.391. The van der Waals surface area contributed by atoms with Crippen molar-refractivity contribution in [1.29, 1.82) is 0 Å². The SMILES string of the molecule is Cc1ccc(-c2ccc(Cl)c(C(F)(F)F)c2)cc1C1C(=O)C(C)(C)OC(C)(C)C1=O. The van der Waals surface area contributed by atoms with E-state index >= 15 is 0 Å². The van der Waals surface area contributed by atoms with E-state index in [1.165, 1.54) is 12.1 Å². The number of hydrogen-bond acceptors (Lipinski definition) is 3. The minimum absolute atomic E-state index is 0.290. The van der Waals surface area contributed by atoms with Gasteiger partial charge in [-0.3, -0.25) is 9.59 Å². The van der Waals surface area contributed by atoms with Gasteiger partial charge in [0.15, 0.2) is 11.6 Å². The van der Waals surface area contributed by atoms with Gasteiger partial charge in [0.25, 0.3) is 0 Å². The topological polar surface area (TPSA) is 43.4 Å². The molecule has 1 fully saturated rings. The Labute approximate surface area is 178 Å². The highest BCUT2D eigenvalue weighted by atomic mass is 35.5. The van der Waals surface area contributed by atoms with E-state index in [4.69, 9.17) is 16.3 Å². The molecule has 7 heteroatoms. The average Bonchev–Trinajstić information content (AvgIpc) is 2.61. The number of benzene rings is 2. The monoisotopic (exact) mass is 438 g/mol. The third-order valence-electron chi connectivity index (χ3n) is 5.42. The predicted molar refractivity (Wildman–Crippen MR) is 109 cm³/mol. The number of Topliss-reactive ketones (excluding diaryl/α,β-unsaturated/α-hetero) is 2. The molecule has 0 unspecified atom stereocenters. The highest BCUT2D eigenvalue weighted by molar-refractivity contribution is 6.31. The minimum atomic E-state index is -4.60. The van der Waals surface area contributed by atoms with Gasteiger partial charge >= 0.3 is 6.18 Å². The summed E-state index contributed by atoms with van der Waals surface area (Å²) in [6.45, 7) is 8.22. The van der Waals surface area contributed by atoms with Crippen molar-refractivity contribution in [3.8, 4) is 11.1 Å². The van der Waals surface area contributed by atoms with Gasteiger partial charge in [0, 0.05) is 0 Å². The lowest BCUT2D eigenvalue weighted by Gasteiger charge is -2.43.